The van der Waals surface area contributed by atoms with Gasteiger partial charge in [0.25, 0.3) is 0 Å². The molecule has 5 rings (SSSR count). The number of ether oxygens (including phenoxy) is 1. The summed E-state index contributed by atoms with van der Waals surface area (Å²) in [6.07, 6.45) is 2.18. The van der Waals surface area contributed by atoms with Crippen molar-refractivity contribution in [2.24, 2.45) is 0 Å². The first-order valence-corrected chi connectivity index (χ1v) is 11.2. The van der Waals surface area contributed by atoms with Gasteiger partial charge in [-0.15, -0.1) is 0 Å². The Balaban J connectivity index is 1.52. The smallest absolute Gasteiger partial charge is 0.140 e. The SMILES string of the molecule is CCn1cc(CN2CCn3c(-c4ccccc4)nc(-c4ccc(OC)cc4)c3C2)c(C)n1. The predicted octanol–water partition coefficient (Wildman–Crippen LogP) is 4.77. The van der Waals surface area contributed by atoms with Crippen molar-refractivity contribution < 1.29 is 4.74 Å². The Bertz CT molecular complexity index is 1210. The van der Waals surface area contributed by atoms with Crippen molar-refractivity contribution in [2.75, 3.05) is 13.7 Å². The van der Waals surface area contributed by atoms with Crippen molar-refractivity contribution in [3.05, 3.63) is 77.7 Å². The zero-order valence-corrected chi connectivity index (χ0v) is 19.0. The highest BCUT2D eigenvalue weighted by Crippen LogP contribution is 2.33. The fraction of sp³-hybridized carbons (Fsp3) is 0.308. The molecule has 0 atom stereocenters. The highest BCUT2D eigenvalue weighted by atomic mass is 16.5. The number of nitrogens with zero attached hydrogens (tertiary/aromatic N) is 5. The van der Waals surface area contributed by atoms with Crippen LogP contribution in [0.1, 0.15) is 23.9 Å². The van der Waals surface area contributed by atoms with Crippen molar-refractivity contribution in [3.63, 3.8) is 0 Å². The number of aromatic nitrogens is 4. The van der Waals surface area contributed by atoms with Crippen molar-refractivity contribution in [2.45, 2.75) is 40.0 Å². The van der Waals surface area contributed by atoms with E-state index in [2.05, 4.69) is 77.1 Å². The number of benzene rings is 2. The predicted molar refractivity (Wildman–Crippen MR) is 126 cm³/mol. The van der Waals surface area contributed by atoms with E-state index < -0.39 is 0 Å². The molecule has 2 aromatic heterocycles. The summed E-state index contributed by atoms with van der Waals surface area (Å²) in [5, 5.41) is 4.62. The molecule has 1 aliphatic rings. The first-order valence-electron chi connectivity index (χ1n) is 11.2. The molecule has 0 spiro atoms. The van der Waals surface area contributed by atoms with Gasteiger partial charge >= 0.3 is 0 Å². The number of aryl methyl sites for hydroxylation is 2. The Hall–Kier alpha value is -3.38. The van der Waals surface area contributed by atoms with E-state index in [1.54, 1.807) is 7.11 Å². The van der Waals surface area contributed by atoms with Gasteiger partial charge in [0.2, 0.25) is 0 Å². The summed E-state index contributed by atoms with van der Waals surface area (Å²) in [5.74, 6) is 1.90. The second kappa shape index (κ2) is 8.63. The largest absolute Gasteiger partial charge is 0.497 e. The Labute approximate surface area is 189 Å². The lowest BCUT2D eigenvalue weighted by Crippen LogP contribution is -2.33. The van der Waals surface area contributed by atoms with Gasteiger partial charge in [0, 0.05) is 55.6 Å². The maximum absolute atomic E-state index is 5.36. The Morgan fingerprint density at radius 3 is 2.44 bits per heavy atom. The van der Waals surface area contributed by atoms with Crippen LogP contribution in [0.5, 0.6) is 5.75 Å². The van der Waals surface area contributed by atoms with E-state index in [-0.39, 0.29) is 0 Å². The molecule has 3 heterocycles. The molecule has 0 unspecified atom stereocenters. The van der Waals surface area contributed by atoms with E-state index >= 15 is 0 Å². The van der Waals surface area contributed by atoms with Gasteiger partial charge in [-0.1, -0.05) is 30.3 Å². The van der Waals surface area contributed by atoms with Crippen molar-refractivity contribution in [1.29, 1.82) is 0 Å². The number of methoxy groups -OCH3 is 1. The van der Waals surface area contributed by atoms with Crippen molar-refractivity contribution in [3.8, 4) is 28.4 Å². The minimum atomic E-state index is 0.857. The van der Waals surface area contributed by atoms with E-state index in [1.807, 2.05) is 16.8 Å². The van der Waals surface area contributed by atoms with E-state index in [0.717, 1.165) is 66.8 Å². The average molecular weight is 428 g/mol. The third kappa shape index (κ3) is 3.82. The lowest BCUT2D eigenvalue weighted by Gasteiger charge is -2.29. The van der Waals surface area contributed by atoms with E-state index in [1.165, 1.54) is 11.3 Å². The molecular formula is C26H29N5O. The quantitative estimate of drug-likeness (QED) is 0.445. The van der Waals surface area contributed by atoms with Gasteiger partial charge in [-0.25, -0.2) is 4.98 Å². The van der Waals surface area contributed by atoms with Crippen LogP contribution in [0.3, 0.4) is 0 Å². The van der Waals surface area contributed by atoms with Crippen LogP contribution in [-0.2, 0) is 26.2 Å². The third-order valence-electron chi connectivity index (χ3n) is 6.25. The molecule has 6 heteroatoms. The van der Waals surface area contributed by atoms with Gasteiger partial charge in [0.1, 0.15) is 11.6 Å². The Kier molecular flexibility index (Phi) is 5.53. The molecule has 0 saturated heterocycles. The molecule has 164 valence electrons. The maximum Gasteiger partial charge on any atom is 0.140 e. The fourth-order valence-electron chi connectivity index (χ4n) is 4.46. The number of hydrogen-bond donors (Lipinski definition) is 0. The molecule has 0 N–H and O–H groups in total. The fourth-order valence-corrected chi connectivity index (χ4v) is 4.46. The van der Waals surface area contributed by atoms with Gasteiger partial charge in [-0.2, -0.15) is 5.10 Å². The standard InChI is InChI=1S/C26H29N5O/c1-4-30-17-22(19(2)28-30)16-29-14-15-31-24(18-29)25(20-10-12-23(32-3)13-11-20)27-26(31)21-8-6-5-7-9-21/h5-13,17H,4,14-16,18H2,1-3H3. The average Bonchev–Trinajstić information content (AvgIpc) is 3.39. The van der Waals surface area contributed by atoms with E-state index in [9.17, 15) is 0 Å². The van der Waals surface area contributed by atoms with Gasteiger partial charge in [0.15, 0.2) is 0 Å². The van der Waals surface area contributed by atoms with Crippen LogP contribution in [0.15, 0.2) is 60.8 Å². The minimum absolute atomic E-state index is 0.857. The first-order chi connectivity index (χ1) is 15.7. The Morgan fingerprint density at radius 1 is 0.969 bits per heavy atom. The minimum Gasteiger partial charge on any atom is -0.497 e. The number of fused-ring (bicyclic) bond motifs is 1. The molecule has 0 bridgehead atoms. The van der Waals surface area contributed by atoms with Crippen LogP contribution in [-0.4, -0.2) is 37.9 Å². The maximum atomic E-state index is 5.36. The summed E-state index contributed by atoms with van der Waals surface area (Å²) in [7, 11) is 1.70. The zero-order valence-electron chi connectivity index (χ0n) is 19.0. The van der Waals surface area contributed by atoms with Crippen LogP contribution in [0, 0.1) is 6.92 Å². The summed E-state index contributed by atoms with van der Waals surface area (Å²) < 4.78 is 9.78. The molecule has 0 saturated carbocycles. The lowest BCUT2D eigenvalue weighted by molar-refractivity contribution is 0.214. The molecule has 4 aromatic rings. The first kappa shape index (κ1) is 20.5. The highest BCUT2D eigenvalue weighted by Gasteiger charge is 2.26. The van der Waals surface area contributed by atoms with Gasteiger partial charge < -0.3 is 9.30 Å². The monoisotopic (exact) mass is 427 g/mol. The zero-order chi connectivity index (χ0) is 22.1. The van der Waals surface area contributed by atoms with Crippen molar-refractivity contribution >= 4 is 0 Å². The van der Waals surface area contributed by atoms with E-state index in [4.69, 9.17) is 9.72 Å². The topological polar surface area (TPSA) is 48.1 Å². The summed E-state index contributed by atoms with van der Waals surface area (Å²) in [6, 6.07) is 18.7. The van der Waals surface area contributed by atoms with Gasteiger partial charge in [0.05, 0.1) is 24.2 Å². The lowest BCUT2D eigenvalue weighted by atomic mass is 10.1. The number of imidazole rings is 1. The van der Waals surface area contributed by atoms with Crippen LogP contribution >= 0.6 is 0 Å². The molecule has 0 radical (unpaired) electrons. The normalized spacial score (nSPS) is 13.8. The summed E-state index contributed by atoms with van der Waals surface area (Å²) >= 11 is 0. The molecule has 1 aliphatic heterocycles. The molecule has 2 aromatic carbocycles. The molecule has 0 amide bonds. The molecule has 32 heavy (non-hydrogen) atoms. The highest BCUT2D eigenvalue weighted by molar-refractivity contribution is 5.69. The van der Waals surface area contributed by atoms with Crippen molar-refractivity contribution in [1.82, 2.24) is 24.2 Å². The molecule has 0 aliphatic carbocycles. The van der Waals surface area contributed by atoms with Gasteiger partial charge in [-0.3, -0.25) is 9.58 Å². The van der Waals surface area contributed by atoms with Crippen LogP contribution in [0.25, 0.3) is 22.6 Å². The Morgan fingerprint density at radius 2 is 1.75 bits per heavy atom. The number of hydrogen-bond acceptors (Lipinski definition) is 4. The molecule has 0 fully saturated rings. The van der Waals surface area contributed by atoms with Crippen LogP contribution in [0.2, 0.25) is 0 Å². The van der Waals surface area contributed by atoms with Crippen LogP contribution < -0.4 is 4.74 Å². The second-order valence-corrected chi connectivity index (χ2v) is 8.28. The van der Waals surface area contributed by atoms with Crippen LogP contribution in [0.4, 0.5) is 0 Å². The third-order valence-corrected chi connectivity index (χ3v) is 6.25. The van der Waals surface area contributed by atoms with E-state index in [0.29, 0.717) is 0 Å². The molecular weight excluding hydrogens is 398 g/mol. The second-order valence-electron chi connectivity index (χ2n) is 8.28. The number of rotatable bonds is 6. The van der Waals surface area contributed by atoms with Gasteiger partial charge in [-0.05, 0) is 38.1 Å². The summed E-state index contributed by atoms with van der Waals surface area (Å²) in [5.41, 5.74) is 7.01. The summed E-state index contributed by atoms with van der Waals surface area (Å²) in [6.45, 7) is 8.80. The molecule has 6 nitrogen and oxygen atoms in total. The summed E-state index contributed by atoms with van der Waals surface area (Å²) in [4.78, 5) is 7.65.